The van der Waals surface area contributed by atoms with E-state index in [-0.39, 0.29) is 23.8 Å². The molecular formula is C22H35ClN4O2. The largest absolute Gasteiger partial charge is 0.356 e. The molecule has 1 aromatic rings. The molecule has 0 spiro atoms. The summed E-state index contributed by atoms with van der Waals surface area (Å²) in [5.41, 5.74) is 1.58. The van der Waals surface area contributed by atoms with Gasteiger partial charge in [0.25, 0.3) is 0 Å². The lowest BCUT2D eigenvalue weighted by molar-refractivity contribution is -0.134. The van der Waals surface area contributed by atoms with E-state index in [0.29, 0.717) is 24.2 Å². The van der Waals surface area contributed by atoms with Gasteiger partial charge in [-0.3, -0.25) is 14.3 Å². The van der Waals surface area contributed by atoms with Crippen molar-refractivity contribution in [2.75, 3.05) is 13.1 Å². The minimum atomic E-state index is -0.139. The van der Waals surface area contributed by atoms with Crippen molar-refractivity contribution in [1.82, 2.24) is 20.0 Å². The Morgan fingerprint density at radius 1 is 1.34 bits per heavy atom. The summed E-state index contributed by atoms with van der Waals surface area (Å²) in [7, 11) is 0. The van der Waals surface area contributed by atoms with Gasteiger partial charge in [0.15, 0.2) is 0 Å². The molecule has 2 heterocycles. The summed E-state index contributed by atoms with van der Waals surface area (Å²) < 4.78 is 1.78. The third kappa shape index (κ3) is 6.33. The third-order valence-corrected chi connectivity index (χ3v) is 5.80. The second-order valence-corrected chi connectivity index (χ2v) is 8.82. The summed E-state index contributed by atoms with van der Waals surface area (Å²) in [5.74, 6) is 0.260. The maximum atomic E-state index is 12.9. The van der Waals surface area contributed by atoms with Crippen molar-refractivity contribution in [3.63, 3.8) is 0 Å². The first-order valence-corrected chi connectivity index (χ1v) is 11.1. The Morgan fingerprint density at radius 3 is 2.72 bits per heavy atom. The summed E-state index contributed by atoms with van der Waals surface area (Å²) in [4.78, 5) is 27.1. The number of aryl methyl sites for hydroxylation is 1. The molecule has 1 aromatic heterocycles. The Morgan fingerprint density at radius 2 is 2.07 bits per heavy atom. The lowest BCUT2D eigenvalue weighted by atomic mass is 9.92. The van der Waals surface area contributed by atoms with Crippen molar-refractivity contribution < 1.29 is 9.59 Å². The standard InChI is InChI=1S/C22H35ClN4O2/c1-6-7-12-24-22(29)18-9-8-16(4)26(14-18)20(28)11-10-19-17(5)25-27(21(19)23)13-15(2)3/h10-11,15-16,18H,6-9,12-14H2,1-5H3,(H,24,29)/b11-10+. The molecule has 7 heteroatoms. The van der Waals surface area contributed by atoms with Gasteiger partial charge in [0.2, 0.25) is 11.8 Å². The molecule has 0 bridgehead atoms. The average Bonchev–Trinajstić information content (AvgIpc) is 2.92. The van der Waals surface area contributed by atoms with Crippen LogP contribution in [0.4, 0.5) is 0 Å². The van der Waals surface area contributed by atoms with E-state index in [0.717, 1.165) is 43.5 Å². The van der Waals surface area contributed by atoms with E-state index < -0.39 is 0 Å². The summed E-state index contributed by atoms with van der Waals surface area (Å²) in [6, 6.07) is 0.118. The van der Waals surface area contributed by atoms with E-state index in [1.807, 2.05) is 13.8 Å². The number of rotatable bonds is 8. The molecule has 1 fully saturated rings. The second kappa shape index (κ2) is 10.8. The molecule has 29 heavy (non-hydrogen) atoms. The number of nitrogens with zero attached hydrogens (tertiary/aromatic N) is 3. The number of carbonyl (C=O) groups excluding carboxylic acids is 2. The maximum Gasteiger partial charge on any atom is 0.246 e. The van der Waals surface area contributed by atoms with Crippen molar-refractivity contribution in [3.05, 3.63) is 22.5 Å². The molecule has 1 saturated heterocycles. The fraction of sp³-hybridized carbons (Fsp3) is 0.682. The predicted molar refractivity (Wildman–Crippen MR) is 118 cm³/mol. The predicted octanol–water partition coefficient (Wildman–Crippen LogP) is 4.06. The van der Waals surface area contributed by atoms with Crippen LogP contribution in [0.2, 0.25) is 5.15 Å². The van der Waals surface area contributed by atoms with E-state index >= 15 is 0 Å². The molecule has 1 aliphatic rings. The van der Waals surface area contributed by atoms with Gasteiger partial charge in [-0.1, -0.05) is 38.8 Å². The lowest BCUT2D eigenvalue weighted by Gasteiger charge is -2.36. The maximum absolute atomic E-state index is 12.9. The molecule has 162 valence electrons. The molecule has 1 aliphatic heterocycles. The van der Waals surface area contributed by atoms with Gasteiger partial charge in [0.1, 0.15) is 5.15 Å². The zero-order valence-corrected chi connectivity index (χ0v) is 19.1. The Kier molecular flexibility index (Phi) is 8.75. The SMILES string of the molecule is CCCCNC(=O)C1CCC(C)N(C(=O)/C=C/c2c(C)nn(CC(C)C)c2Cl)C1. The van der Waals surface area contributed by atoms with Crippen LogP contribution in [0.3, 0.4) is 0 Å². The molecule has 1 N–H and O–H groups in total. The monoisotopic (exact) mass is 422 g/mol. The summed E-state index contributed by atoms with van der Waals surface area (Å²) in [6.07, 6.45) is 6.99. The zero-order valence-electron chi connectivity index (χ0n) is 18.4. The van der Waals surface area contributed by atoms with Crippen LogP contribution in [-0.4, -0.2) is 45.6 Å². The number of carbonyl (C=O) groups is 2. The number of amides is 2. The Hall–Kier alpha value is -1.82. The number of unbranched alkanes of at least 4 members (excludes halogenated alkanes) is 1. The number of hydrogen-bond acceptors (Lipinski definition) is 3. The third-order valence-electron chi connectivity index (χ3n) is 5.41. The molecule has 2 atom stereocenters. The molecule has 0 saturated carbocycles. The van der Waals surface area contributed by atoms with Gasteiger partial charge in [0, 0.05) is 37.3 Å². The lowest BCUT2D eigenvalue weighted by Crippen LogP contribution is -2.49. The topological polar surface area (TPSA) is 67.2 Å². The first-order valence-electron chi connectivity index (χ1n) is 10.7. The Labute approximate surface area is 179 Å². The number of piperidine rings is 1. The van der Waals surface area contributed by atoms with E-state index in [1.165, 1.54) is 0 Å². The zero-order chi connectivity index (χ0) is 21.6. The number of nitrogens with one attached hydrogen (secondary N) is 1. The van der Waals surface area contributed by atoms with Crippen LogP contribution < -0.4 is 5.32 Å². The first-order chi connectivity index (χ1) is 13.7. The van der Waals surface area contributed by atoms with Crippen molar-refractivity contribution in [2.24, 2.45) is 11.8 Å². The van der Waals surface area contributed by atoms with Crippen LogP contribution in [0.15, 0.2) is 6.08 Å². The molecule has 6 nitrogen and oxygen atoms in total. The van der Waals surface area contributed by atoms with Gasteiger partial charge in [0.05, 0.1) is 11.6 Å². The van der Waals surface area contributed by atoms with Crippen LogP contribution in [0.5, 0.6) is 0 Å². The van der Waals surface area contributed by atoms with Crippen LogP contribution in [-0.2, 0) is 16.1 Å². The van der Waals surface area contributed by atoms with E-state index in [1.54, 1.807) is 21.7 Å². The molecule has 0 aromatic carbocycles. The molecule has 2 rings (SSSR count). The second-order valence-electron chi connectivity index (χ2n) is 8.46. The van der Waals surface area contributed by atoms with Crippen LogP contribution in [0.1, 0.15) is 64.6 Å². The molecule has 0 radical (unpaired) electrons. The number of aromatic nitrogens is 2. The van der Waals surface area contributed by atoms with Gasteiger partial charge >= 0.3 is 0 Å². The minimum Gasteiger partial charge on any atom is -0.356 e. The number of hydrogen-bond donors (Lipinski definition) is 1. The highest BCUT2D eigenvalue weighted by molar-refractivity contribution is 6.31. The van der Waals surface area contributed by atoms with Gasteiger partial charge in [-0.2, -0.15) is 5.10 Å². The van der Waals surface area contributed by atoms with Crippen molar-refractivity contribution in [3.8, 4) is 0 Å². The summed E-state index contributed by atoms with van der Waals surface area (Å²) in [6.45, 7) is 12.1. The average molecular weight is 423 g/mol. The Bertz CT molecular complexity index is 741. The normalized spacial score (nSPS) is 19.9. The molecule has 2 amide bonds. The van der Waals surface area contributed by atoms with Crippen molar-refractivity contribution in [2.45, 2.75) is 72.9 Å². The van der Waals surface area contributed by atoms with Crippen molar-refractivity contribution >= 4 is 29.5 Å². The highest BCUT2D eigenvalue weighted by atomic mass is 35.5. The van der Waals surface area contributed by atoms with E-state index in [4.69, 9.17) is 11.6 Å². The molecule has 0 aliphatic carbocycles. The first kappa shape index (κ1) is 23.5. The van der Waals surface area contributed by atoms with Crippen LogP contribution >= 0.6 is 11.6 Å². The van der Waals surface area contributed by atoms with Gasteiger partial charge in [-0.25, -0.2) is 0 Å². The van der Waals surface area contributed by atoms with E-state index in [2.05, 4.69) is 31.2 Å². The van der Waals surface area contributed by atoms with Gasteiger partial charge in [-0.15, -0.1) is 0 Å². The van der Waals surface area contributed by atoms with Crippen LogP contribution in [0, 0.1) is 18.8 Å². The highest BCUT2D eigenvalue weighted by Crippen LogP contribution is 2.25. The van der Waals surface area contributed by atoms with Gasteiger partial charge in [-0.05, 0) is 45.1 Å². The quantitative estimate of drug-likeness (QED) is 0.507. The summed E-state index contributed by atoms with van der Waals surface area (Å²) in [5, 5.41) is 8.03. The number of halogens is 1. The number of likely N-dealkylation sites (tertiary alicyclic amines) is 1. The fourth-order valence-corrected chi connectivity index (χ4v) is 3.94. The molecular weight excluding hydrogens is 388 g/mol. The summed E-state index contributed by atoms with van der Waals surface area (Å²) >= 11 is 6.47. The molecule has 2 unspecified atom stereocenters. The van der Waals surface area contributed by atoms with E-state index in [9.17, 15) is 9.59 Å². The highest BCUT2D eigenvalue weighted by Gasteiger charge is 2.31. The van der Waals surface area contributed by atoms with Gasteiger partial charge < -0.3 is 10.2 Å². The minimum absolute atomic E-state index is 0.0565. The van der Waals surface area contributed by atoms with Crippen molar-refractivity contribution in [1.29, 1.82) is 0 Å². The van der Waals surface area contributed by atoms with Crippen LogP contribution in [0.25, 0.3) is 6.08 Å². The Balaban J connectivity index is 2.05. The smallest absolute Gasteiger partial charge is 0.246 e. The fourth-order valence-electron chi connectivity index (χ4n) is 3.63.